The van der Waals surface area contributed by atoms with Crippen LogP contribution in [0.25, 0.3) is 0 Å². The molecule has 1 unspecified atom stereocenters. The molecule has 1 rings (SSSR count). The summed E-state index contributed by atoms with van der Waals surface area (Å²) in [6.07, 6.45) is -4.81. The minimum Gasteiger partial charge on any atom is -0.406 e. The van der Waals surface area contributed by atoms with Crippen molar-refractivity contribution >= 4 is 5.91 Å². The van der Waals surface area contributed by atoms with Crippen LogP contribution in [0.1, 0.15) is 31.1 Å². The van der Waals surface area contributed by atoms with Crippen LogP contribution in [-0.4, -0.2) is 29.5 Å². The minimum absolute atomic E-state index is 0.00610. The van der Waals surface area contributed by atoms with Crippen molar-refractivity contribution in [3.63, 3.8) is 0 Å². The molecule has 21 heavy (non-hydrogen) atoms. The minimum atomic E-state index is -4.81. The van der Waals surface area contributed by atoms with Gasteiger partial charge in [0.1, 0.15) is 5.75 Å². The molecular weight excluding hydrogens is 287 g/mol. The first kappa shape index (κ1) is 17.3. The van der Waals surface area contributed by atoms with Crippen LogP contribution >= 0.6 is 0 Å². The molecule has 4 nitrogen and oxygen atoms in total. The Morgan fingerprint density at radius 2 is 2.00 bits per heavy atom. The lowest BCUT2D eigenvalue weighted by molar-refractivity contribution is -0.274. The number of aliphatic hydroxyl groups is 1. The zero-order chi connectivity index (χ0) is 16.3. The molecule has 0 saturated carbocycles. The van der Waals surface area contributed by atoms with Crippen LogP contribution in [0.15, 0.2) is 24.3 Å². The van der Waals surface area contributed by atoms with Crippen molar-refractivity contribution in [2.45, 2.75) is 32.7 Å². The number of benzene rings is 1. The average molecular weight is 305 g/mol. The molecule has 0 aromatic heterocycles. The number of nitrogens with one attached hydrogen (secondary N) is 1. The number of halogens is 3. The standard InChI is InChI=1S/C14H18F3NO3/c1-9(2)13(3,20)8-18-12(19)10-5-4-6-11(7-10)21-14(15,16)17/h4-7,9,20H,8H2,1-3H3,(H,18,19). The SMILES string of the molecule is CC(C)C(C)(O)CNC(=O)c1cccc(OC(F)(F)F)c1. The lowest BCUT2D eigenvalue weighted by atomic mass is 9.92. The summed E-state index contributed by atoms with van der Waals surface area (Å²) in [4.78, 5) is 11.9. The van der Waals surface area contributed by atoms with Crippen LogP contribution < -0.4 is 10.1 Å². The van der Waals surface area contributed by atoms with E-state index in [9.17, 15) is 23.1 Å². The molecule has 1 amide bonds. The third kappa shape index (κ3) is 5.63. The topological polar surface area (TPSA) is 58.6 Å². The van der Waals surface area contributed by atoms with Gasteiger partial charge >= 0.3 is 6.36 Å². The summed E-state index contributed by atoms with van der Waals surface area (Å²) in [5.74, 6) is -1.13. The fraction of sp³-hybridized carbons (Fsp3) is 0.500. The van der Waals surface area contributed by atoms with Gasteiger partial charge in [-0.1, -0.05) is 19.9 Å². The van der Waals surface area contributed by atoms with Crippen molar-refractivity contribution in [3.05, 3.63) is 29.8 Å². The number of rotatable bonds is 5. The predicted molar refractivity (Wildman–Crippen MR) is 70.9 cm³/mol. The highest BCUT2D eigenvalue weighted by Gasteiger charge is 2.31. The van der Waals surface area contributed by atoms with E-state index in [2.05, 4.69) is 10.1 Å². The van der Waals surface area contributed by atoms with Gasteiger partial charge in [-0.2, -0.15) is 0 Å². The molecule has 0 heterocycles. The van der Waals surface area contributed by atoms with Crippen LogP contribution in [0.4, 0.5) is 13.2 Å². The number of hydrogen-bond donors (Lipinski definition) is 2. The summed E-state index contributed by atoms with van der Waals surface area (Å²) in [6.45, 7) is 5.16. The summed E-state index contributed by atoms with van der Waals surface area (Å²) in [7, 11) is 0. The smallest absolute Gasteiger partial charge is 0.406 e. The maximum atomic E-state index is 12.1. The van der Waals surface area contributed by atoms with Crippen LogP contribution in [-0.2, 0) is 0 Å². The van der Waals surface area contributed by atoms with E-state index >= 15 is 0 Å². The van der Waals surface area contributed by atoms with Crippen LogP contribution in [0, 0.1) is 5.92 Å². The Kier molecular flexibility index (Phi) is 5.22. The molecule has 1 atom stereocenters. The van der Waals surface area contributed by atoms with Crippen molar-refractivity contribution in [3.8, 4) is 5.75 Å². The normalized spacial score (nSPS) is 14.7. The second-order valence-electron chi connectivity index (χ2n) is 5.27. The molecule has 0 aliphatic rings. The molecule has 7 heteroatoms. The van der Waals surface area contributed by atoms with E-state index in [0.717, 1.165) is 12.1 Å². The number of alkyl halides is 3. The maximum absolute atomic E-state index is 12.1. The van der Waals surface area contributed by atoms with Gasteiger partial charge in [-0.15, -0.1) is 13.2 Å². The van der Waals surface area contributed by atoms with Gasteiger partial charge in [0, 0.05) is 12.1 Å². The van der Waals surface area contributed by atoms with Crippen LogP contribution in [0.2, 0.25) is 0 Å². The summed E-state index contributed by atoms with van der Waals surface area (Å²) in [5.41, 5.74) is -1.08. The van der Waals surface area contributed by atoms with E-state index in [4.69, 9.17) is 0 Å². The summed E-state index contributed by atoms with van der Waals surface area (Å²) in [6, 6.07) is 4.75. The maximum Gasteiger partial charge on any atom is 0.573 e. The quantitative estimate of drug-likeness (QED) is 0.879. The third-order valence-electron chi connectivity index (χ3n) is 3.18. The van der Waals surface area contributed by atoms with Crippen LogP contribution in [0.5, 0.6) is 5.75 Å². The molecule has 0 aliphatic heterocycles. The molecule has 0 spiro atoms. The Hall–Kier alpha value is -1.76. The first-order chi connectivity index (χ1) is 9.51. The lowest BCUT2D eigenvalue weighted by Gasteiger charge is -2.27. The van der Waals surface area contributed by atoms with E-state index in [1.165, 1.54) is 12.1 Å². The number of carbonyl (C=O) groups is 1. The van der Waals surface area contributed by atoms with Crippen molar-refractivity contribution in [2.75, 3.05) is 6.54 Å². The predicted octanol–water partition coefficient (Wildman–Crippen LogP) is 2.72. The van der Waals surface area contributed by atoms with Gasteiger partial charge in [-0.25, -0.2) is 0 Å². The molecule has 0 aliphatic carbocycles. The largest absolute Gasteiger partial charge is 0.573 e. The molecule has 0 saturated heterocycles. The van der Waals surface area contributed by atoms with Gasteiger partial charge in [-0.05, 0) is 31.0 Å². The first-order valence-corrected chi connectivity index (χ1v) is 6.37. The number of ether oxygens (including phenoxy) is 1. The van der Waals surface area contributed by atoms with Crippen molar-refractivity contribution in [1.29, 1.82) is 0 Å². The summed E-state index contributed by atoms with van der Waals surface area (Å²) >= 11 is 0. The summed E-state index contributed by atoms with van der Waals surface area (Å²) in [5, 5.41) is 12.5. The fourth-order valence-electron chi connectivity index (χ4n) is 1.40. The molecular formula is C14H18F3NO3. The first-order valence-electron chi connectivity index (χ1n) is 6.37. The zero-order valence-electron chi connectivity index (χ0n) is 12.0. The zero-order valence-corrected chi connectivity index (χ0v) is 12.0. The van der Waals surface area contributed by atoms with Crippen molar-refractivity contribution in [1.82, 2.24) is 5.32 Å². The Morgan fingerprint density at radius 1 is 1.38 bits per heavy atom. The molecule has 1 aromatic rings. The van der Waals surface area contributed by atoms with Gasteiger partial charge in [0.25, 0.3) is 5.91 Å². The van der Waals surface area contributed by atoms with Crippen molar-refractivity contribution in [2.24, 2.45) is 5.92 Å². The highest BCUT2D eigenvalue weighted by atomic mass is 19.4. The van der Waals surface area contributed by atoms with E-state index in [1.54, 1.807) is 20.8 Å². The summed E-state index contributed by atoms with van der Waals surface area (Å²) < 4.78 is 40.1. The van der Waals surface area contributed by atoms with Crippen LogP contribution in [0.3, 0.4) is 0 Å². The Balaban J connectivity index is 2.73. The molecule has 0 radical (unpaired) electrons. The molecule has 0 bridgehead atoms. The monoisotopic (exact) mass is 305 g/mol. The molecule has 2 N–H and O–H groups in total. The van der Waals surface area contributed by atoms with Gasteiger partial charge in [0.15, 0.2) is 0 Å². The van der Waals surface area contributed by atoms with Gasteiger partial charge < -0.3 is 15.2 Å². The highest BCUT2D eigenvalue weighted by Crippen LogP contribution is 2.23. The van der Waals surface area contributed by atoms with E-state index in [1.807, 2.05) is 0 Å². The third-order valence-corrected chi connectivity index (χ3v) is 3.18. The van der Waals surface area contributed by atoms with Gasteiger partial charge in [0.05, 0.1) is 5.60 Å². The fourth-order valence-corrected chi connectivity index (χ4v) is 1.40. The number of hydrogen-bond acceptors (Lipinski definition) is 3. The molecule has 118 valence electrons. The second kappa shape index (κ2) is 6.34. The highest BCUT2D eigenvalue weighted by molar-refractivity contribution is 5.94. The Bertz CT molecular complexity index is 498. The Labute approximate surface area is 120 Å². The van der Waals surface area contributed by atoms with Gasteiger partial charge in [0.2, 0.25) is 0 Å². The van der Waals surface area contributed by atoms with Gasteiger partial charge in [-0.3, -0.25) is 4.79 Å². The van der Waals surface area contributed by atoms with E-state index < -0.39 is 23.6 Å². The molecule has 0 fully saturated rings. The van der Waals surface area contributed by atoms with E-state index in [-0.39, 0.29) is 18.0 Å². The molecule has 1 aromatic carbocycles. The lowest BCUT2D eigenvalue weighted by Crippen LogP contribution is -2.44. The number of amides is 1. The average Bonchev–Trinajstić information content (AvgIpc) is 2.34. The Morgan fingerprint density at radius 3 is 2.52 bits per heavy atom. The number of carbonyl (C=O) groups excluding carboxylic acids is 1. The van der Waals surface area contributed by atoms with E-state index in [0.29, 0.717) is 0 Å². The van der Waals surface area contributed by atoms with Crippen molar-refractivity contribution < 1.29 is 27.8 Å². The second-order valence-corrected chi connectivity index (χ2v) is 5.27.